The van der Waals surface area contributed by atoms with E-state index in [9.17, 15) is 8.78 Å². The number of benzene rings is 1. The Morgan fingerprint density at radius 2 is 1.83 bits per heavy atom. The lowest BCUT2D eigenvalue weighted by Crippen LogP contribution is -2.40. The monoisotopic (exact) mass is 273 g/mol. The Kier molecular flexibility index (Phi) is 3.65. The highest BCUT2D eigenvalue weighted by Gasteiger charge is 2.38. The Morgan fingerprint density at radius 3 is 2.39 bits per heavy atom. The molecular weight excluding hydrogens is 256 g/mol. The molecule has 1 aromatic rings. The zero-order valence-corrected chi connectivity index (χ0v) is 11.2. The van der Waals surface area contributed by atoms with Crippen molar-refractivity contribution in [1.82, 2.24) is 0 Å². The van der Waals surface area contributed by atoms with Crippen molar-refractivity contribution < 1.29 is 8.78 Å². The number of halogens is 3. The van der Waals surface area contributed by atoms with Crippen molar-refractivity contribution >= 4 is 11.6 Å². The molecule has 0 aliphatic heterocycles. The second kappa shape index (κ2) is 4.78. The Morgan fingerprint density at radius 1 is 1.22 bits per heavy atom. The summed E-state index contributed by atoms with van der Waals surface area (Å²) in [5.41, 5.74) is 6.12. The van der Waals surface area contributed by atoms with Gasteiger partial charge in [0.1, 0.15) is 0 Å². The first kappa shape index (κ1) is 13.8. The molecule has 0 spiro atoms. The molecule has 1 aliphatic carbocycles. The highest BCUT2D eigenvalue weighted by atomic mass is 35.5. The predicted octanol–water partition coefficient (Wildman–Crippen LogP) is 4.57. The molecule has 0 saturated heterocycles. The smallest absolute Gasteiger partial charge is 0.272 e. The van der Waals surface area contributed by atoms with Crippen molar-refractivity contribution in [3.05, 3.63) is 34.3 Å². The van der Waals surface area contributed by atoms with E-state index in [1.165, 1.54) is 6.07 Å². The number of hydrogen-bond acceptors (Lipinski definition) is 1. The highest BCUT2D eigenvalue weighted by Crippen LogP contribution is 2.43. The van der Waals surface area contributed by atoms with E-state index in [1.807, 2.05) is 0 Å². The summed E-state index contributed by atoms with van der Waals surface area (Å²) in [7, 11) is 0. The molecule has 1 aliphatic rings. The molecule has 0 aromatic heterocycles. The third-order valence-electron chi connectivity index (χ3n) is 3.73. The van der Waals surface area contributed by atoms with Crippen LogP contribution in [-0.2, 0) is 11.5 Å². The zero-order valence-electron chi connectivity index (χ0n) is 10.5. The molecule has 0 atom stereocenters. The lowest BCUT2D eigenvalue weighted by atomic mass is 9.75. The molecule has 1 fully saturated rings. The van der Waals surface area contributed by atoms with Crippen LogP contribution in [0, 0.1) is 0 Å². The third-order valence-corrected chi connectivity index (χ3v) is 4.05. The van der Waals surface area contributed by atoms with E-state index in [2.05, 4.69) is 0 Å². The van der Waals surface area contributed by atoms with Gasteiger partial charge in [0.25, 0.3) is 5.92 Å². The maximum absolute atomic E-state index is 13.8. The van der Waals surface area contributed by atoms with E-state index < -0.39 is 11.5 Å². The Balaban J connectivity index is 2.53. The normalized spacial score (nSPS) is 19.8. The summed E-state index contributed by atoms with van der Waals surface area (Å²) >= 11 is 5.96. The van der Waals surface area contributed by atoms with Crippen LogP contribution in [0.3, 0.4) is 0 Å². The van der Waals surface area contributed by atoms with Gasteiger partial charge in [0.2, 0.25) is 0 Å². The first-order valence-electron chi connectivity index (χ1n) is 6.31. The minimum Gasteiger partial charge on any atom is -0.321 e. The van der Waals surface area contributed by atoms with Gasteiger partial charge in [-0.25, -0.2) is 8.78 Å². The quantitative estimate of drug-likeness (QED) is 0.839. The van der Waals surface area contributed by atoms with Gasteiger partial charge in [-0.3, -0.25) is 0 Å². The van der Waals surface area contributed by atoms with Gasteiger partial charge in [0.05, 0.1) is 5.02 Å². The predicted molar refractivity (Wildman–Crippen MR) is 70.0 cm³/mol. The lowest BCUT2D eigenvalue weighted by molar-refractivity contribution is 0.0149. The van der Waals surface area contributed by atoms with Crippen LogP contribution in [0.4, 0.5) is 8.78 Å². The molecule has 0 radical (unpaired) electrons. The molecule has 0 unspecified atom stereocenters. The van der Waals surface area contributed by atoms with Gasteiger partial charge in [0.15, 0.2) is 0 Å². The van der Waals surface area contributed by atoms with E-state index >= 15 is 0 Å². The van der Waals surface area contributed by atoms with E-state index in [-0.39, 0.29) is 10.6 Å². The summed E-state index contributed by atoms with van der Waals surface area (Å²) in [5.74, 6) is -2.96. The maximum Gasteiger partial charge on any atom is 0.272 e. The van der Waals surface area contributed by atoms with Crippen LogP contribution >= 0.6 is 11.6 Å². The molecule has 1 saturated carbocycles. The van der Waals surface area contributed by atoms with Crippen molar-refractivity contribution in [2.75, 3.05) is 0 Å². The molecule has 4 heteroatoms. The Hall–Kier alpha value is -0.670. The molecular formula is C14H18ClF2N. The fraction of sp³-hybridized carbons (Fsp3) is 0.571. The van der Waals surface area contributed by atoms with Gasteiger partial charge < -0.3 is 5.73 Å². The number of rotatable bonds is 2. The molecule has 0 bridgehead atoms. The fourth-order valence-electron chi connectivity index (χ4n) is 2.84. The highest BCUT2D eigenvalue weighted by molar-refractivity contribution is 6.31. The minimum absolute atomic E-state index is 0.101. The van der Waals surface area contributed by atoms with Crippen molar-refractivity contribution in [2.24, 2.45) is 5.73 Å². The number of hydrogen-bond donors (Lipinski definition) is 1. The average molecular weight is 274 g/mol. The Labute approximate surface area is 111 Å². The van der Waals surface area contributed by atoms with E-state index in [1.54, 1.807) is 12.1 Å². The SMILES string of the molecule is CC(F)(F)c1c(Cl)cccc1C1(N)CCCCC1. The van der Waals surface area contributed by atoms with Crippen LogP contribution < -0.4 is 5.73 Å². The van der Waals surface area contributed by atoms with Gasteiger partial charge in [0, 0.05) is 18.0 Å². The first-order valence-corrected chi connectivity index (χ1v) is 6.68. The zero-order chi connectivity index (χ0) is 13.4. The lowest BCUT2D eigenvalue weighted by Gasteiger charge is -2.36. The van der Waals surface area contributed by atoms with Crippen molar-refractivity contribution in [3.8, 4) is 0 Å². The fourth-order valence-corrected chi connectivity index (χ4v) is 3.18. The van der Waals surface area contributed by atoms with Crippen LogP contribution in [0.25, 0.3) is 0 Å². The molecule has 2 N–H and O–H groups in total. The minimum atomic E-state index is -2.96. The van der Waals surface area contributed by atoms with Crippen LogP contribution in [0.15, 0.2) is 18.2 Å². The van der Waals surface area contributed by atoms with Gasteiger partial charge in [-0.05, 0) is 24.5 Å². The van der Waals surface area contributed by atoms with Crippen LogP contribution in [-0.4, -0.2) is 0 Å². The van der Waals surface area contributed by atoms with E-state index in [4.69, 9.17) is 17.3 Å². The van der Waals surface area contributed by atoms with Crippen molar-refractivity contribution in [3.63, 3.8) is 0 Å². The second-order valence-corrected chi connectivity index (χ2v) is 5.67. The second-order valence-electron chi connectivity index (χ2n) is 5.27. The molecule has 2 rings (SSSR count). The standard InChI is InChI=1S/C14H18ClF2N/c1-13(16,17)12-10(6-5-7-11(12)15)14(18)8-3-2-4-9-14/h5-7H,2-4,8-9,18H2,1H3. The molecule has 18 heavy (non-hydrogen) atoms. The first-order chi connectivity index (χ1) is 8.34. The summed E-state index contributed by atoms with van der Waals surface area (Å²) in [6, 6.07) is 4.91. The van der Waals surface area contributed by atoms with Gasteiger partial charge in [-0.1, -0.05) is 43.0 Å². The molecule has 0 amide bonds. The summed E-state index contributed by atoms with van der Waals surface area (Å²) in [6.45, 7) is 0.879. The summed E-state index contributed by atoms with van der Waals surface area (Å²) < 4.78 is 27.5. The maximum atomic E-state index is 13.8. The van der Waals surface area contributed by atoms with Gasteiger partial charge in [-0.2, -0.15) is 0 Å². The van der Waals surface area contributed by atoms with Crippen LogP contribution in [0.1, 0.15) is 50.2 Å². The Bertz CT molecular complexity index is 434. The van der Waals surface area contributed by atoms with Crippen LogP contribution in [0.5, 0.6) is 0 Å². The number of nitrogens with two attached hydrogens (primary N) is 1. The summed E-state index contributed by atoms with van der Waals surface area (Å²) in [4.78, 5) is 0. The van der Waals surface area contributed by atoms with Gasteiger partial charge >= 0.3 is 0 Å². The topological polar surface area (TPSA) is 26.0 Å². The molecule has 0 heterocycles. The van der Waals surface area contributed by atoms with Crippen molar-refractivity contribution in [2.45, 2.75) is 50.5 Å². The summed E-state index contributed by atoms with van der Waals surface area (Å²) in [6.07, 6.45) is 4.58. The molecule has 100 valence electrons. The van der Waals surface area contributed by atoms with Gasteiger partial charge in [-0.15, -0.1) is 0 Å². The number of alkyl halides is 2. The van der Waals surface area contributed by atoms with Crippen molar-refractivity contribution in [1.29, 1.82) is 0 Å². The third kappa shape index (κ3) is 2.52. The van der Waals surface area contributed by atoms with Crippen LogP contribution in [0.2, 0.25) is 5.02 Å². The molecule has 1 nitrogen and oxygen atoms in total. The van der Waals surface area contributed by atoms with E-state index in [0.717, 1.165) is 39.0 Å². The average Bonchev–Trinajstić information content (AvgIpc) is 2.28. The largest absolute Gasteiger partial charge is 0.321 e. The van der Waals surface area contributed by atoms with E-state index in [0.29, 0.717) is 5.56 Å². The molecule has 1 aromatic carbocycles. The summed E-state index contributed by atoms with van der Waals surface area (Å²) in [5, 5.41) is 0.107.